The molecule has 0 saturated heterocycles. The van der Waals surface area contributed by atoms with Crippen LogP contribution in [0.25, 0.3) is 22.1 Å². The number of rotatable bonds is 11. The molecule has 0 aliphatic carbocycles. The Kier molecular flexibility index (Phi) is 10.4. The highest BCUT2D eigenvalue weighted by atomic mass is 32.2. The van der Waals surface area contributed by atoms with E-state index in [1.54, 1.807) is 6.07 Å². The van der Waals surface area contributed by atoms with Crippen molar-refractivity contribution in [3.05, 3.63) is 64.0 Å². The lowest BCUT2D eigenvalue weighted by Crippen LogP contribution is -2.31. The Morgan fingerprint density at radius 3 is 2.33 bits per heavy atom. The van der Waals surface area contributed by atoms with Gasteiger partial charge in [0.25, 0.3) is 0 Å². The maximum atomic E-state index is 13.9. The van der Waals surface area contributed by atoms with Crippen LogP contribution in [0.3, 0.4) is 0 Å². The number of unbranched alkanes of at least 4 members (excludes halogenated alkanes) is 2. The summed E-state index contributed by atoms with van der Waals surface area (Å²) in [6.07, 6.45) is -6.25. The molecular formula is C29H30F6O4S. The summed E-state index contributed by atoms with van der Waals surface area (Å²) in [6, 6.07) is 9.52. The van der Waals surface area contributed by atoms with E-state index < -0.39 is 53.7 Å². The van der Waals surface area contributed by atoms with Crippen LogP contribution >= 0.6 is 11.8 Å². The van der Waals surface area contributed by atoms with E-state index in [9.17, 15) is 35.9 Å². The Labute approximate surface area is 232 Å². The standard InChI is InChI=1S/C29H30F6O4S/c1-4-5-6-7-18-8-11-22(24(12-18)29(33,34)35)23-13-19-9-10-21(14-25(19)39-27(23)37)40-16-20(28(30,31)32)15-38-26(36)17(2)3/h8-14,17,20H,4-7,15-16H2,1-3H3. The third-order valence-electron chi connectivity index (χ3n) is 6.27. The molecule has 1 atom stereocenters. The lowest BCUT2D eigenvalue weighted by atomic mass is 9.95. The van der Waals surface area contributed by atoms with Crippen molar-refractivity contribution in [1.29, 1.82) is 0 Å². The number of aryl methyl sites for hydroxylation is 1. The van der Waals surface area contributed by atoms with Crippen LogP contribution in [0.2, 0.25) is 0 Å². The van der Waals surface area contributed by atoms with Crippen LogP contribution in [0.5, 0.6) is 0 Å². The fraction of sp³-hybridized carbons (Fsp3) is 0.448. The largest absolute Gasteiger partial charge is 0.465 e. The minimum Gasteiger partial charge on any atom is -0.465 e. The molecule has 3 aromatic rings. The second kappa shape index (κ2) is 13.1. The zero-order chi connectivity index (χ0) is 29.7. The van der Waals surface area contributed by atoms with Crippen molar-refractivity contribution in [2.24, 2.45) is 11.8 Å². The Morgan fingerprint density at radius 1 is 0.975 bits per heavy atom. The van der Waals surface area contributed by atoms with Crippen molar-refractivity contribution >= 4 is 28.7 Å². The zero-order valence-corrected chi connectivity index (χ0v) is 23.1. The fourth-order valence-corrected chi connectivity index (χ4v) is 4.98. The predicted molar refractivity (Wildman–Crippen MR) is 142 cm³/mol. The highest BCUT2D eigenvalue weighted by molar-refractivity contribution is 7.99. The molecular weight excluding hydrogens is 558 g/mol. The van der Waals surface area contributed by atoms with Gasteiger partial charge in [-0.3, -0.25) is 4.79 Å². The van der Waals surface area contributed by atoms with E-state index in [2.05, 4.69) is 0 Å². The van der Waals surface area contributed by atoms with Crippen molar-refractivity contribution < 1.29 is 40.3 Å². The normalized spacial score (nSPS) is 13.2. The van der Waals surface area contributed by atoms with Crippen LogP contribution in [0.1, 0.15) is 51.2 Å². The molecule has 1 aromatic heterocycles. The van der Waals surface area contributed by atoms with Gasteiger partial charge in [0.15, 0.2) is 0 Å². The summed E-state index contributed by atoms with van der Waals surface area (Å²) in [5.74, 6) is -3.67. The molecule has 0 aliphatic heterocycles. The van der Waals surface area contributed by atoms with Gasteiger partial charge in [0, 0.05) is 21.6 Å². The van der Waals surface area contributed by atoms with Crippen LogP contribution in [0.4, 0.5) is 26.3 Å². The van der Waals surface area contributed by atoms with Gasteiger partial charge in [-0.15, -0.1) is 11.8 Å². The SMILES string of the molecule is CCCCCc1ccc(-c2cc3ccc(SCC(COC(=O)C(C)C)C(F)(F)F)cc3oc2=O)c(C(F)(F)F)c1. The molecule has 11 heteroatoms. The average molecular weight is 589 g/mol. The number of alkyl halides is 6. The number of halogens is 6. The number of fused-ring (bicyclic) bond motifs is 1. The molecule has 1 unspecified atom stereocenters. The predicted octanol–water partition coefficient (Wildman–Crippen LogP) is 8.68. The highest BCUT2D eigenvalue weighted by Crippen LogP contribution is 2.38. The molecule has 0 bridgehead atoms. The molecule has 0 amide bonds. The quantitative estimate of drug-likeness (QED) is 0.0738. The topological polar surface area (TPSA) is 56.5 Å². The number of carbonyl (C=O) groups is 1. The van der Waals surface area contributed by atoms with Crippen LogP contribution in [-0.4, -0.2) is 24.5 Å². The maximum Gasteiger partial charge on any atom is 0.417 e. The fourth-order valence-electron chi connectivity index (χ4n) is 3.95. The monoisotopic (exact) mass is 588 g/mol. The number of ether oxygens (including phenoxy) is 1. The summed E-state index contributed by atoms with van der Waals surface area (Å²) in [5, 5.41) is 0.317. The van der Waals surface area contributed by atoms with Crippen molar-refractivity contribution in [3.63, 3.8) is 0 Å². The van der Waals surface area contributed by atoms with Crippen LogP contribution in [0, 0.1) is 11.8 Å². The van der Waals surface area contributed by atoms with Gasteiger partial charge in [-0.25, -0.2) is 4.79 Å². The Morgan fingerprint density at radius 2 is 1.70 bits per heavy atom. The minimum absolute atomic E-state index is 0.0262. The lowest BCUT2D eigenvalue weighted by Gasteiger charge is -2.20. The molecule has 0 saturated carbocycles. The number of hydrogen-bond acceptors (Lipinski definition) is 5. The molecule has 0 radical (unpaired) electrons. The summed E-state index contributed by atoms with van der Waals surface area (Å²) in [6.45, 7) is 4.21. The molecule has 2 aromatic carbocycles. The van der Waals surface area contributed by atoms with Gasteiger partial charge < -0.3 is 9.15 Å². The van der Waals surface area contributed by atoms with E-state index in [1.165, 1.54) is 44.2 Å². The van der Waals surface area contributed by atoms with Gasteiger partial charge in [0.2, 0.25) is 0 Å². The third-order valence-corrected chi connectivity index (χ3v) is 7.42. The average Bonchev–Trinajstić information content (AvgIpc) is 2.86. The minimum atomic E-state index is -4.70. The first kappa shape index (κ1) is 31.6. The van der Waals surface area contributed by atoms with Gasteiger partial charge in [-0.1, -0.05) is 51.8 Å². The van der Waals surface area contributed by atoms with E-state index >= 15 is 0 Å². The Hall–Kier alpha value is -2.95. The van der Waals surface area contributed by atoms with Crippen LogP contribution in [-0.2, 0) is 22.1 Å². The van der Waals surface area contributed by atoms with Crippen molar-refractivity contribution in [2.75, 3.05) is 12.4 Å². The first-order chi connectivity index (χ1) is 18.7. The molecule has 0 N–H and O–H groups in total. The molecule has 218 valence electrons. The molecule has 0 aliphatic rings. The highest BCUT2D eigenvalue weighted by Gasteiger charge is 2.40. The molecule has 0 fully saturated rings. The number of esters is 1. The first-order valence-corrected chi connectivity index (χ1v) is 13.8. The molecule has 0 spiro atoms. The van der Waals surface area contributed by atoms with Crippen molar-refractivity contribution in [1.82, 2.24) is 0 Å². The maximum absolute atomic E-state index is 13.9. The molecule has 1 heterocycles. The number of carbonyl (C=O) groups excluding carboxylic acids is 1. The third kappa shape index (κ3) is 8.28. The molecule has 40 heavy (non-hydrogen) atoms. The van der Waals surface area contributed by atoms with Crippen molar-refractivity contribution in [3.8, 4) is 11.1 Å². The summed E-state index contributed by atoms with van der Waals surface area (Å²) >= 11 is 0.830. The number of benzene rings is 2. The summed E-state index contributed by atoms with van der Waals surface area (Å²) in [5.41, 5.74) is -1.94. The molecule has 3 rings (SSSR count). The van der Waals surface area contributed by atoms with E-state index in [0.29, 0.717) is 22.3 Å². The van der Waals surface area contributed by atoms with E-state index in [1.807, 2.05) is 6.92 Å². The second-order valence-electron chi connectivity index (χ2n) is 9.82. The van der Waals surface area contributed by atoms with Crippen molar-refractivity contribution in [2.45, 2.75) is 63.7 Å². The van der Waals surface area contributed by atoms with Crippen LogP contribution < -0.4 is 5.63 Å². The second-order valence-corrected chi connectivity index (χ2v) is 10.9. The lowest BCUT2D eigenvalue weighted by molar-refractivity contribution is -0.186. The van der Waals surface area contributed by atoms with Gasteiger partial charge in [0.1, 0.15) is 12.2 Å². The van der Waals surface area contributed by atoms with Gasteiger partial charge in [0.05, 0.1) is 23.0 Å². The van der Waals surface area contributed by atoms with Crippen LogP contribution in [0.15, 0.2) is 56.6 Å². The Balaban J connectivity index is 1.87. The van der Waals surface area contributed by atoms with E-state index in [4.69, 9.17) is 9.15 Å². The summed E-state index contributed by atoms with van der Waals surface area (Å²) < 4.78 is 92.3. The van der Waals surface area contributed by atoms with Gasteiger partial charge in [-0.05, 0) is 42.7 Å². The summed E-state index contributed by atoms with van der Waals surface area (Å²) in [4.78, 5) is 24.7. The smallest absolute Gasteiger partial charge is 0.417 e. The number of hydrogen-bond donors (Lipinski definition) is 0. The van der Waals surface area contributed by atoms with Gasteiger partial charge in [-0.2, -0.15) is 26.3 Å². The van der Waals surface area contributed by atoms with E-state index in [0.717, 1.165) is 37.1 Å². The number of thioether (sulfide) groups is 1. The Bertz CT molecular complexity index is 1380. The molecule has 4 nitrogen and oxygen atoms in total. The zero-order valence-electron chi connectivity index (χ0n) is 22.2. The first-order valence-electron chi connectivity index (χ1n) is 12.8. The summed E-state index contributed by atoms with van der Waals surface area (Å²) in [7, 11) is 0. The van der Waals surface area contributed by atoms with E-state index in [-0.39, 0.29) is 16.7 Å². The van der Waals surface area contributed by atoms with Gasteiger partial charge >= 0.3 is 23.9 Å².